The zero-order valence-electron chi connectivity index (χ0n) is 19.1. The van der Waals surface area contributed by atoms with E-state index in [2.05, 4.69) is 4.99 Å². The van der Waals surface area contributed by atoms with Crippen LogP contribution in [0.3, 0.4) is 0 Å². The van der Waals surface area contributed by atoms with Crippen LogP contribution in [-0.4, -0.2) is 29.9 Å². The Morgan fingerprint density at radius 2 is 1.78 bits per heavy atom. The van der Waals surface area contributed by atoms with Gasteiger partial charge in [0.25, 0.3) is 5.56 Å². The summed E-state index contributed by atoms with van der Waals surface area (Å²) in [6, 6.07) is 11.4. The minimum atomic E-state index is -4.96. The van der Waals surface area contributed by atoms with E-state index in [-0.39, 0.29) is 21.5 Å². The van der Waals surface area contributed by atoms with Gasteiger partial charge >= 0.3 is 12.1 Å². The molecule has 0 spiro atoms. The Morgan fingerprint density at radius 1 is 1.11 bits per heavy atom. The molecular weight excluding hydrogens is 517 g/mol. The lowest BCUT2D eigenvalue weighted by Crippen LogP contribution is -2.41. The number of alkyl halides is 3. The Balaban J connectivity index is 1.97. The van der Waals surface area contributed by atoms with Gasteiger partial charge in [0, 0.05) is 5.02 Å². The number of carbonyl (C=O) groups is 1. The molecule has 6 nitrogen and oxygen atoms in total. The summed E-state index contributed by atoms with van der Waals surface area (Å²) in [5.74, 6) is -0.554. The molecule has 1 atom stereocenters. The Bertz CT molecular complexity index is 1490. The Kier molecular flexibility index (Phi) is 7.37. The van der Waals surface area contributed by atoms with Crippen LogP contribution in [0.5, 0.6) is 5.75 Å². The van der Waals surface area contributed by atoms with E-state index in [1.165, 1.54) is 31.2 Å². The van der Waals surface area contributed by atoms with Crippen LogP contribution in [-0.2, 0) is 9.53 Å². The van der Waals surface area contributed by atoms with Crippen LogP contribution in [0.4, 0.5) is 13.2 Å². The van der Waals surface area contributed by atoms with E-state index in [0.29, 0.717) is 22.9 Å². The van der Waals surface area contributed by atoms with Crippen molar-refractivity contribution >= 4 is 35.0 Å². The van der Waals surface area contributed by atoms with E-state index < -0.39 is 35.0 Å². The number of carbonyl (C=O) groups excluding carboxylic acids is 1. The quantitative estimate of drug-likeness (QED) is 0.438. The van der Waals surface area contributed by atoms with Gasteiger partial charge in [-0.3, -0.25) is 9.36 Å². The largest absolute Gasteiger partial charge is 0.494 e. The summed E-state index contributed by atoms with van der Waals surface area (Å²) >= 11 is 6.78. The molecule has 0 N–H and O–H groups in total. The molecule has 36 heavy (non-hydrogen) atoms. The molecule has 0 aliphatic carbocycles. The lowest BCUT2D eigenvalue weighted by Gasteiger charge is -2.26. The predicted octanol–water partition coefficient (Wildman–Crippen LogP) is 4.39. The third-order valence-corrected chi connectivity index (χ3v) is 6.50. The van der Waals surface area contributed by atoms with E-state index in [1.807, 2.05) is 6.92 Å². The second-order valence-electron chi connectivity index (χ2n) is 7.62. The van der Waals surface area contributed by atoms with Gasteiger partial charge in [0.1, 0.15) is 5.75 Å². The molecule has 0 bridgehead atoms. The maximum absolute atomic E-state index is 14.1. The van der Waals surface area contributed by atoms with Crippen LogP contribution < -0.4 is 19.6 Å². The van der Waals surface area contributed by atoms with E-state index in [4.69, 9.17) is 21.1 Å². The topological polar surface area (TPSA) is 69.9 Å². The fraction of sp³-hybridized carbons (Fsp3) is 0.240. The standard InChI is InChI=1S/C25H20ClF3N2O4S/c1-3-34-17-11-5-14(6-12-17)13-18-22(32)31-20(15-7-9-16(26)10-8-15)19(23(33)35-4-2)21(25(27,28)29)30-24(31)36-18/h5-13,20H,3-4H2,1-2H3/b18-13-/t20-/m0/s1. The van der Waals surface area contributed by atoms with Gasteiger partial charge in [0.05, 0.1) is 29.4 Å². The highest BCUT2D eigenvalue weighted by Gasteiger charge is 2.45. The number of hydrogen-bond donors (Lipinski definition) is 0. The Morgan fingerprint density at radius 3 is 2.36 bits per heavy atom. The molecule has 0 unspecified atom stereocenters. The van der Waals surface area contributed by atoms with Gasteiger partial charge in [-0.15, -0.1) is 0 Å². The summed E-state index contributed by atoms with van der Waals surface area (Å²) in [6.45, 7) is 3.68. The number of ether oxygens (including phenoxy) is 2. The first-order valence-corrected chi connectivity index (χ1v) is 12.1. The third-order valence-electron chi connectivity index (χ3n) is 5.27. The van der Waals surface area contributed by atoms with Gasteiger partial charge in [0.2, 0.25) is 0 Å². The SMILES string of the molecule is CCOC(=O)C1=C(C(F)(F)F)N=c2s/c(=C\c3ccc(OCC)cc3)c(=O)n2[C@H]1c1ccc(Cl)cc1. The number of aromatic nitrogens is 1. The molecule has 0 saturated heterocycles. The van der Waals surface area contributed by atoms with E-state index in [9.17, 15) is 22.8 Å². The number of halogens is 4. The summed E-state index contributed by atoms with van der Waals surface area (Å²) in [6.07, 6.45) is -3.41. The van der Waals surface area contributed by atoms with Gasteiger partial charge in [-0.25, -0.2) is 9.79 Å². The summed E-state index contributed by atoms with van der Waals surface area (Å²) in [5, 5.41) is 0.347. The van der Waals surface area contributed by atoms with Gasteiger partial charge in [-0.2, -0.15) is 13.2 Å². The molecule has 0 saturated carbocycles. The zero-order chi connectivity index (χ0) is 26.0. The molecule has 0 amide bonds. The number of allylic oxidation sites excluding steroid dienone is 1. The van der Waals surface area contributed by atoms with Crippen LogP contribution in [0.2, 0.25) is 5.02 Å². The summed E-state index contributed by atoms with van der Waals surface area (Å²) in [4.78, 5) is 29.9. The van der Waals surface area contributed by atoms with Crippen LogP contribution >= 0.6 is 22.9 Å². The maximum atomic E-state index is 14.1. The van der Waals surface area contributed by atoms with Gasteiger partial charge in [0.15, 0.2) is 10.5 Å². The number of rotatable bonds is 6. The van der Waals surface area contributed by atoms with Crippen molar-refractivity contribution in [2.24, 2.45) is 4.99 Å². The monoisotopic (exact) mass is 536 g/mol. The predicted molar refractivity (Wildman–Crippen MR) is 130 cm³/mol. The van der Waals surface area contributed by atoms with Crippen molar-refractivity contribution in [3.63, 3.8) is 0 Å². The number of hydrogen-bond acceptors (Lipinski definition) is 6. The molecule has 2 aromatic carbocycles. The number of nitrogens with zero attached hydrogens (tertiary/aromatic N) is 2. The first-order chi connectivity index (χ1) is 17.1. The summed E-state index contributed by atoms with van der Waals surface area (Å²) < 4.78 is 54.0. The molecule has 1 aliphatic rings. The Labute approximate surface area is 212 Å². The lowest BCUT2D eigenvalue weighted by atomic mass is 9.95. The highest BCUT2D eigenvalue weighted by atomic mass is 35.5. The van der Waals surface area contributed by atoms with E-state index in [1.54, 1.807) is 30.3 Å². The number of esters is 1. The molecule has 1 aromatic heterocycles. The second-order valence-corrected chi connectivity index (χ2v) is 9.06. The lowest BCUT2D eigenvalue weighted by molar-refractivity contribution is -0.140. The second kappa shape index (κ2) is 10.3. The van der Waals surface area contributed by atoms with Crippen LogP contribution in [0.25, 0.3) is 6.08 Å². The fourth-order valence-corrected chi connectivity index (χ4v) is 4.91. The molecular formula is C25H20ClF3N2O4S. The van der Waals surface area contributed by atoms with Crippen molar-refractivity contribution in [1.82, 2.24) is 4.57 Å². The van der Waals surface area contributed by atoms with Crippen molar-refractivity contribution in [1.29, 1.82) is 0 Å². The van der Waals surface area contributed by atoms with Crippen LogP contribution in [0.15, 0.2) is 69.6 Å². The third kappa shape index (κ3) is 5.10. The van der Waals surface area contributed by atoms with Crippen molar-refractivity contribution in [3.8, 4) is 5.75 Å². The Hall–Kier alpha value is -3.37. The minimum Gasteiger partial charge on any atom is -0.494 e. The molecule has 4 rings (SSSR count). The molecule has 2 heterocycles. The van der Waals surface area contributed by atoms with Crippen molar-refractivity contribution in [2.75, 3.05) is 13.2 Å². The molecule has 0 radical (unpaired) electrons. The highest BCUT2D eigenvalue weighted by molar-refractivity contribution is 7.07. The molecule has 11 heteroatoms. The summed E-state index contributed by atoms with van der Waals surface area (Å²) in [5.41, 5.74) is -1.84. The smallest absolute Gasteiger partial charge is 0.434 e. The summed E-state index contributed by atoms with van der Waals surface area (Å²) in [7, 11) is 0. The average molecular weight is 537 g/mol. The van der Waals surface area contributed by atoms with Crippen LogP contribution in [0, 0.1) is 0 Å². The molecule has 3 aromatic rings. The first kappa shape index (κ1) is 25.7. The molecule has 0 fully saturated rings. The van der Waals surface area contributed by atoms with Crippen molar-refractivity contribution in [3.05, 3.63) is 95.6 Å². The van der Waals surface area contributed by atoms with Crippen LogP contribution in [0.1, 0.15) is 31.0 Å². The fourth-order valence-electron chi connectivity index (χ4n) is 3.78. The number of fused-ring (bicyclic) bond motifs is 1. The first-order valence-electron chi connectivity index (χ1n) is 10.9. The average Bonchev–Trinajstić information content (AvgIpc) is 3.14. The molecule has 1 aliphatic heterocycles. The van der Waals surface area contributed by atoms with Gasteiger partial charge in [-0.1, -0.05) is 47.2 Å². The number of thiazole rings is 1. The van der Waals surface area contributed by atoms with Gasteiger partial charge < -0.3 is 9.47 Å². The van der Waals surface area contributed by atoms with E-state index in [0.717, 1.165) is 15.9 Å². The zero-order valence-corrected chi connectivity index (χ0v) is 20.7. The van der Waals surface area contributed by atoms with Gasteiger partial charge in [-0.05, 0) is 55.3 Å². The maximum Gasteiger partial charge on any atom is 0.434 e. The normalized spacial score (nSPS) is 15.9. The van der Waals surface area contributed by atoms with Crippen molar-refractivity contribution in [2.45, 2.75) is 26.1 Å². The van der Waals surface area contributed by atoms with Crippen molar-refractivity contribution < 1.29 is 27.4 Å². The molecule has 188 valence electrons. The van der Waals surface area contributed by atoms with E-state index >= 15 is 0 Å². The minimum absolute atomic E-state index is 0.150. The highest BCUT2D eigenvalue weighted by Crippen LogP contribution is 2.38. The number of benzene rings is 2.